The van der Waals surface area contributed by atoms with Crippen LogP contribution in [0.2, 0.25) is 0 Å². The zero-order chi connectivity index (χ0) is 20.7. The zero-order valence-electron chi connectivity index (χ0n) is 14.7. The number of rotatable bonds is 7. The van der Waals surface area contributed by atoms with Gasteiger partial charge in [-0.2, -0.15) is 18.3 Å². The van der Waals surface area contributed by atoms with Crippen LogP contribution in [0.5, 0.6) is 11.5 Å². The molecule has 1 aromatic carbocycles. The van der Waals surface area contributed by atoms with Crippen molar-refractivity contribution >= 4 is 40.6 Å². The Morgan fingerprint density at radius 1 is 1.32 bits per heavy atom. The summed E-state index contributed by atoms with van der Waals surface area (Å²) in [6.45, 7) is -0.266. The van der Waals surface area contributed by atoms with Crippen LogP contribution < -0.4 is 14.9 Å². The summed E-state index contributed by atoms with van der Waals surface area (Å²) < 4.78 is 53.4. The van der Waals surface area contributed by atoms with Crippen LogP contribution in [0.15, 0.2) is 35.6 Å². The normalized spacial score (nSPS) is 11.4. The van der Waals surface area contributed by atoms with Crippen LogP contribution in [0.4, 0.5) is 19.0 Å². The number of ether oxygens (including phenoxy) is 3. The molecule has 0 amide bonds. The third-order valence-corrected chi connectivity index (χ3v) is 4.10. The molecule has 0 saturated carbocycles. The van der Waals surface area contributed by atoms with Gasteiger partial charge < -0.3 is 14.2 Å². The minimum atomic E-state index is -4.44. The monoisotopic (exact) mass is 509 g/mol. The van der Waals surface area contributed by atoms with E-state index in [2.05, 4.69) is 20.2 Å². The van der Waals surface area contributed by atoms with Crippen molar-refractivity contribution in [2.24, 2.45) is 5.10 Å². The highest BCUT2D eigenvalue weighted by Crippen LogP contribution is 2.33. The summed E-state index contributed by atoms with van der Waals surface area (Å²) in [5.41, 5.74) is 2.33. The largest absolute Gasteiger partial charge is 0.493 e. The van der Waals surface area contributed by atoms with Crippen LogP contribution >= 0.6 is 22.6 Å². The molecule has 7 nitrogen and oxygen atoms in total. The summed E-state index contributed by atoms with van der Waals surface area (Å²) in [7, 11) is 2.70. The van der Waals surface area contributed by atoms with E-state index in [0.717, 1.165) is 12.3 Å². The van der Waals surface area contributed by atoms with Crippen LogP contribution in [0.1, 0.15) is 11.1 Å². The number of alkyl halides is 3. The minimum absolute atomic E-state index is 0.156. The molecule has 0 unspecified atom stereocenters. The number of esters is 1. The summed E-state index contributed by atoms with van der Waals surface area (Å²) >= 11 is 2.01. The lowest BCUT2D eigenvalue weighted by Crippen LogP contribution is -2.13. The van der Waals surface area contributed by atoms with E-state index in [1.54, 1.807) is 12.1 Å². The van der Waals surface area contributed by atoms with Gasteiger partial charge in [0.05, 0.1) is 29.6 Å². The topological polar surface area (TPSA) is 82.0 Å². The van der Waals surface area contributed by atoms with E-state index in [1.165, 1.54) is 26.5 Å². The number of anilines is 1. The van der Waals surface area contributed by atoms with E-state index in [-0.39, 0.29) is 12.4 Å². The van der Waals surface area contributed by atoms with Crippen molar-refractivity contribution < 1.29 is 32.2 Å². The first kappa shape index (κ1) is 21.7. The van der Waals surface area contributed by atoms with Crippen LogP contribution in [0.25, 0.3) is 0 Å². The number of carbonyl (C=O) groups is 1. The third-order valence-electron chi connectivity index (χ3n) is 3.30. The van der Waals surface area contributed by atoms with Crippen molar-refractivity contribution in [3.8, 4) is 11.5 Å². The maximum atomic E-state index is 12.5. The molecule has 150 valence electrons. The first-order valence-corrected chi connectivity index (χ1v) is 8.72. The smallest absolute Gasteiger partial charge is 0.417 e. The SMILES string of the molecule is COC(=O)COc1c(I)cc(/C=N\Nc2ccc(C(F)(F)F)cn2)cc1OC. The van der Waals surface area contributed by atoms with Crippen LogP contribution in [-0.2, 0) is 15.7 Å². The van der Waals surface area contributed by atoms with Gasteiger partial charge in [0.2, 0.25) is 0 Å². The number of carbonyl (C=O) groups excluding carboxylic acids is 1. The second-order valence-corrected chi connectivity index (χ2v) is 6.36. The van der Waals surface area contributed by atoms with Gasteiger partial charge in [0.25, 0.3) is 0 Å². The standard InChI is InChI=1S/C17H15F3IN3O4/c1-26-13-6-10(5-12(21)16(13)28-9-15(25)27-2)7-23-24-14-4-3-11(8-22-14)17(18,19)20/h3-8H,9H2,1-2H3,(H,22,24)/b23-7-. The average Bonchev–Trinajstić information content (AvgIpc) is 2.66. The minimum Gasteiger partial charge on any atom is -0.493 e. The van der Waals surface area contributed by atoms with Gasteiger partial charge in [0.15, 0.2) is 18.1 Å². The maximum Gasteiger partial charge on any atom is 0.417 e. The van der Waals surface area contributed by atoms with Crippen molar-refractivity contribution in [2.75, 3.05) is 26.3 Å². The van der Waals surface area contributed by atoms with Crippen molar-refractivity contribution in [3.05, 3.63) is 45.2 Å². The lowest BCUT2D eigenvalue weighted by atomic mass is 10.2. The molecule has 0 radical (unpaired) electrons. The van der Waals surface area contributed by atoms with Gasteiger partial charge in [-0.05, 0) is 52.4 Å². The summed E-state index contributed by atoms with van der Waals surface area (Å²) in [5, 5.41) is 3.94. The summed E-state index contributed by atoms with van der Waals surface area (Å²) in [6, 6.07) is 5.43. The number of pyridine rings is 1. The maximum absolute atomic E-state index is 12.5. The summed E-state index contributed by atoms with van der Waals surface area (Å²) in [5.74, 6) is 0.383. The number of methoxy groups -OCH3 is 2. The van der Waals surface area contributed by atoms with Gasteiger partial charge in [0, 0.05) is 6.20 Å². The van der Waals surface area contributed by atoms with Crippen molar-refractivity contribution in [1.82, 2.24) is 4.98 Å². The molecule has 0 atom stereocenters. The molecule has 1 heterocycles. The summed E-state index contributed by atoms with van der Waals surface area (Å²) in [6.07, 6.45) is -2.29. The number of halogens is 4. The Hall–Kier alpha value is -2.57. The molecule has 0 saturated heterocycles. The lowest BCUT2D eigenvalue weighted by Gasteiger charge is -2.12. The van der Waals surface area contributed by atoms with Crippen molar-refractivity contribution in [3.63, 3.8) is 0 Å². The van der Waals surface area contributed by atoms with Crippen LogP contribution in [0, 0.1) is 3.57 Å². The number of nitrogens with one attached hydrogen (secondary N) is 1. The molecular formula is C17H15F3IN3O4. The number of hydrogen-bond donors (Lipinski definition) is 1. The van der Waals surface area contributed by atoms with E-state index in [4.69, 9.17) is 9.47 Å². The molecule has 11 heteroatoms. The van der Waals surface area contributed by atoms with Crippen LogP contribution in [0.3, 0.4) is 0 Å². The molecule has 0 bridgehead atoms. The second-order valence-electron chi connectivity index (χ2n) is 5.20. The Morgan fingerprint density at radius 3 is 2.64 bits per heavy atom. The fourth-order valence-corrected chi connectivity index (χ4v) is 2.73. The number of hydrazone groups is 1. The average molecular weight is 509 g/mol. The molecule has 2 aromatic rings. The first-order chi connectivity index (χ1) is 13.2. The number of nitrogens with zero attached hydrogens (tertiary/aromatic N) is 2. The molecule has 0 fully saturated rings. The van der Waals surface area contributed by atoms with Crippen LogP contribution in [-0.4, -0.2) is 38.0 Å². The summed E-state index contributed by atoms with van der Waals surface area (Å²) in [4.78, 5) is 14.9. The van der Waals surface area contributed by atoms with Gasteiger partial charge in [-0.15, -0.1) is 0 Å². The van der Waals surface area contributed by atoms with Crippen molar-refractivity contribution in [2.45, 2.75) is 6.18 Å². The van der Waals surface area contributed by atoms with Crippen molar-refractivity contribution in [1.29, 1.82) is 0 Å². The third kappa shape index (κ3) is 5.97. The molecule has 1 N–H and O–H groups in total. The Labute approximate surface area is 172 Å². The van der Waals surface area contributed by atoms with Gasteiger partial charge in [0.1, 0.15) is 5.82 Å². The lowest BCUT2D eigenvalue weighted by molar-refractivity contribution is -0.143. The molecule has 0 aliphatic carbocycles. The molecule has 1 aromatic heterocycles. The first-order valence-electron chi connectivity index (χ1n) is 7.64. The molecular weight excluding hydrogens is 494 g/mol. The molecule has 0 aliphatic heterocycles. The second kappa shape index (κ2) is 9.57. The van der Waals surface area contributed by atoms with Gasteiger partial charge in [-0.3, -0.25) is 5.43 Å². The molecule has 0 aliphatic rings. The van der Waals surface area contributed by atoms with Gasteiger partial charge >= 0.3 is 12.1 Å². The molecule has 28 heavy (non-hydrogen) atoms. The fraction of sp³-hybridized carbons (Fsp3) is 0.235. The Morgan fingerprint density at radius 2 is 2.07 bits per heavy atom. The van der Waals surface area contributed by atoms with E-state index >= 15 is 0 Å². The highest BCUT2D eigenvalue weighted by molar-refractivity contribution is 14.1. The Bertz CT molecular complexity index is 858. The quantitative estimate of drug-likeness (QED) is 0.266. The van der Waals surface area contributed by atoms with E-state index in [0.29, 0.717) is 20.6 Å². The van der Waals surface area contributed by atoms with E-state index in [1.807, 2.05) is 22.6 Å². The van der Waals surface area contributed by atoms with E-state index in [9.17, 15) is 18.0 Å². The van der Waals surface area contributed by atoms with Gasteiger partial charge in [-0.25, -0.2) is 9.78 Å². The zero-order valence-corrected chi connectivity index (χ0v) is 16.9. The van der Waals surface area contributed by atoms with Gasteiger partial charge in [-0.1, -0.05) is 0 Å². The van der Waals surface area contributed by atoms with E-state index < -0.39 is 17.7 Å². The predicted octanol–water partition coefficient (Wildman–Crippen LogP) is 3.71. The highest BCUT2D eigenvalue weighted by atomic mass is 127. The fourth-order valence-electron chi connectivity index (χ4n) is 1.95. The molecule has 2 rings (SSSR count). The number of hydrogen-bond acceptors (Lipinski definition) is 7. The highest BCUT2D eigenvalue weighted by Gasteiger charge is 2.30. The number of aromatic nitrogens is 1. The number of benzene rings is 1. The Balaban J connectivity index is 2.09. The predicted molar refractivity (Wildman–Crippen MR) is 104 cm³/mol. The Kier molecular flexibility index (Phi) is 7.43. The molecule has 0 spiro atoms.